The topological polar surface area (TPSA) is 101 Å². The molecule has 2 aliphatic heterocycles. The number of piperazine rings is 1. The Morgan fingerprint density at radius 3 is 2.82 bits per heavy atom. The standard InChI is InChI=1S/C19H23N9/c1-13-10-16(24-23-13)21-17-4-2-5-18-22-19(25-28(17)18)26-11-14-6-7-15(12-26)27(14)9-3-8-20/h2,4-5,10,14-15H,3,6-7,9,11-12H2,1H3,(H2,21,23,24)/t14-,15+. The minimum atomic E-state index is 0.489. The summed E-state index contributed by atoms with van der Waals surface area (Å²) < 4.78 is 1.84. The minimum Gasteiger partial charge on any atom is -0.336 e. The van der Waals surface area contributed by atoms with Crippen molar-refractivity contribution in [2.45, 2.75) is 38.3 Å². The molecule has 3 aromatic heterocycles. The van der Waals surface area contributed by atoms with Gasteiger partial charge in [0.25, 0.3) is 0 Å². The number of fused-ring (bicyclic) bond motifs is 3. The minimum absolute atomic E-state index is 0.489. The Hall–Kier alpha value is -3.12. The van der Waals surface area contributed by atoms with E-state index in [9.17, 15) is 0 Å². The maximum atomic E-state index is 8.91. The van der Waals surface area contributed by atoms with Crippen LogP contribution in [0, 0.1) is 18.3 Å². The van der Waals surface area contributed by atoms with Crippen LogP contribution in [0.4, 0.5) is 17.6 Å². The number of pyridine rings is 1. The van der Waals surface area contributed by atoms with Gasteiger partial charge in [0.05, 0.1) is 6.07 Å². The van der Waals surface area contributed by atoms with Crippen molar-refractivity contribution >= 4 is 23.2 Å². The quantitative estimate of drug-likeness (QED) is 0.702. The molecule has 0 spiro atoms. The first kappa shape index (κ1) is 17.0. The molecule has 9 heteroatoms. The van der Waals surface area contributed by atoms with Crippen LogP contribution in [-0.2, 0) is 0 Å². The summed E-state index contributed by atoms with van der Waals surface area (Å²) >= 11 is 0. The van der Waals surface area contributed by atoms with Crippen LogP contribution in [-0.4, -0.2) is 61.4 Å². The van der Waals surface area contributed by atoms with E-state index in [0.717, 1.165) is 48.6 Å². The predicted molar refractivity (Wildman–Crippen MR) is 106 cm³/mol. The highest BCUT2D eigenvalue weighted by molar-refractivity contribution is 5.58. The fourth-order valence-electron chi connectivity index (χ4n) is 4.43. The second-order valence-corrected chi connectivity index (χ2v) is 7.59. The molecule has 2 aliphatic rings. The number of aromatic amines is 1. The lowest BCUT2D eigenvalue weighted by Gasteiger charge is -2.40. The van der Waals surface area contributed by atoms with E-state index in [4.69, 9.17) is 15.3 Å². The number of hydrogen-bond acceptors (Lipinski definition) is 7. The van der Waals surface area contributed by atoms with Gasteiger partial charge in [-0.1, -0.05) is 6.07 Å². The monoisotopic (exact) mass is 377 g/mol. The van der Waals surface area contributed by atoms with Crippen molar-refractivity contribution in [1.29, 1.82) is 5.26 Å². The number of rotatable bonds is 5. The van der Waals surface area contributed by atoms with Crippen molar-refractivity contribution in [3.63, 3.8) is 0 Å². The second-order valence-electron chi connectivity index (χ2n) is 7.59. The Morgan fingerprint density at radius 1 is 1.29 bits per heavy atom. The van der Waals surface area contributed by atoms with E-state index in [1.54, 1.807) is 0 Å². The summed E-state index contributed by atoms with van der Waals surface area (Å²) in [5.41, 5.74) is 1.81. The third-order valence-electron chi connectivity index (χ3n) is 5.71. The van der Waals surface area contributed by atoms with Gasteiger partial charge in [-0.3, -0.25) is 10.00 Å². The van der Waals surface area contributed by atoms with E-state index in [0.29, 0.717) is 18.5 Å². The molecule has 9 nitrogen and oxygen atoms in total. The van der Waals surface area contributed by atoms with E-state index >= 15 is 0 Å². The lowest BCUT2D eigenvalue weighted by molar-refractivity contribution is 0.172. The fraction of sp³-hybridized carbons (Fsp3) is 0.474. The van der Waals surface area contributed by atoms with Gasteiger partial charge in [-0.25, -0.2) is 0 Å². The van der Waals surface area contributed by atoms with E-state index in [2.05, 4.69) is 31.4 Å². The maximum Gasteiger partial charge on any atom is 0.245 e. The van der Waals surface area contributed by atoms with Gasteiger partial charge >= 0.3 is 0 Å². The molecule has 144 valence electrons. The molecule has 0 unspecified atom stereocenters. The molecular weight excluding hydrogens is 354 g/mol. The zero-order valence-electron chi connectivity index (χ0n) is 15.8. The first-order chi connectivity index (χ1) is 13.7. The molecule has 2 bridgehead atoms. The molecule has 0 saturated carbocycles. The van der Waals surface area contributed by atoms with Gasteiger partial charge in [-0.2, -0.15) is 19.9 Å². The summed E-state index contributed by atoms with van der Waals surface area (Å²) in [6.45, 7) is 4.67. The number of nitrogens with zero attached hydrogens (tertiary/aromatic N) is 7. The highest BCUT2D eigenvalue weighted by atomic mass is 15.4. The van der Waals surface area contributed by atoms with Crippen molar-refractivity contribution in [2.24, 2.45) is 0 Å². The number of H-pyrrole nitrogens is 1. The van der Waals surface area contributed by atoms with E-state index in [1.165, 1.54) is 12.8 Å². The highest BCUT2D eigenvalue weighted by Gasteiger charge is 2.40. The number of aromatic nitrogens is 5. The van der Waals surface area contributed by atoms with E-state index in [-0.39, 0.29) is 0 Å². The van der Waals surface area contributed by atoms with Gasteiger partial charge in [0.1, 0.15) is 5.82 Å². The number of anilines is 3. The Labute approximate surface area is 163 Å². The van der Waals surface area contributed by atoms with E-state index in [1.807, 2.05) is 35.7 Å². The molecular formula is C19H23N9. The summed E-state index contributed by atoms with van der Waals surface area (Å²) in [5.74, 6) is 2.36. The van der Waals surface area contributed by atoms with Crippen LogP contribution in [0.1, 0.15) is 25.0 Å². The largest absolute Gasteiger partial charge is 0.336 e. The van der Waals surface area contributed by atoms with Crippen LogP contribution in [0.25, 0.3) is 5.65 Å². The average molecular weight is 377 g/mol. The molecule has 0 radical (unpaired) electrons. The smallest absolute Gasteiger partial charge is 0.245 e. The van der Waals surface area contributed by atoms with Crippen LogP contribution >= 0.6 is 0 Å². The molecule has 5 heterocycles. The van der Waals surface area contributed by atoms with Gasteiger partial charge in [0.2, 0.25) is 5.95 Å². The summed E-state index contributed by atoms with van der Waals surface area (Å²) in [6, 6.07) is 11.1. The Kier molecular flexibility index (Phi) is 4.13. The van der Waals surface area contributed by atoms with Crippen LogP contribution < -0.4 is 10.2 Å². The third kappa shape index (κ3) is 2.96. The van der Waals surface area contributed by atoms with Crippen LogP contribution in [0.5, 0.6) is 0 Å². The first-order valence-corrected chi connectivity index (χ1v) is 9.74. The second kappa shape index (κ2) is 6.80. The maximum absolute atomic E-state index is 8.91. The molecule has 2 N–H and O–H groups in total. The first-order valence-electron chi connectivity index (χ1n) is 9.74. The SMILES string of the molecule is Cc1cc(Nc2cccc3nc(N4C[C@H]5CC[C@@H](C4)N5CCC#N)nn23)n[nH]1. The Bertz CT molecular complexity index is 1020. The number of nitrogens with one attached hydrogen (secondary N) is 2. The van der Waals surface area contributed by atoms with Gasteiger partial charge in [0.15, 0.2) is 11.5 Å². The lowest BCUT2D eigenvalue weighted by Crippen LogP contribution is -2.54. The summed E-state index contributed by atoms with van der Waals surface area (Å²) in [7, 11) is 0. The highest BCUT2D eigenvalue weighted by Crippen LogP contribution is 2.32. The van der Waals surface area contributed by atoms with Crippen LogP contribution in [0.3, 0.4) is 0 Å². The summed E-state index contributed by atoms with van der Waals surface area (Å²) in [5, 5.41) is 24.2. The molecule has 2 fully saturated rings. The van der Waals surface area contributed by atoms with Crippen LogP contribution in [0.15, 0.2) is 24.3 Å². The zero-order chi connectivity index (χ0) is 19.1. The number of aryl methyl sites for hydroxylation is 1. The normalized spacial score (nSPS) is 21.9. The molecule has 3 aromatic rings. The van der Waals surface area contributed by atoms with Gasteiger partial charge in [-0.15, -0.1) is 5.10 Å². The fourth-order valence-corrected chi connectivity index (χ4v) is 4.43. The number of hydrogen-bond donors (Lipinski definition) is 2. The van der Waals surface area contributed by atoms with Crippen molar-refractivity contribution in [1.82, 2.24) is 29.7 Å². The molecule has 0 amide bonds. The van der Waals surface area contributed by atoms with Gasteiger partial charge in [0, 0.05) is 49.9 Å². The van der Waals surface area contributed by atoms with Gasteiger partial charge in [-0.05, 0) is 31.9 Å². The average Bonchev–Trinajstić information content (AvgIpc) is 3.36. The van der Waals surface area contributed by atoms with E-state index < -0.39 is 0 Å². The zero-order valence-corrected chi connectivity index (χ0v) is 15.8. The third-order valence-corrected chi connectivity index (χ3v) is 5.71. The van der Waals surface area contributed by atoms with Crippen LogP contribution in [0.2, 0.25) is 0 Å². The molecule has 2 atom stereocenters. The lowest BCUT2D eigenvalue weighted by atomic mass is 10.2. The van der Waals surface area contributed by atoms with Crippen molar-refractivity contribution < 1.29 is 0 Å². The molecule has 0 aromatic carbocycles. The van der Waals surface area contributed by atoms with Crippen molar-refractivity contribution in [2.75, 3.05) is 29.9 Å². The summed E-state index contributed by atoms with van der Waals surface area (Å²) in [4.78, 5) is 9.56. The predicted octanol–water partition coefficient (Wildman–Crippen LogP) is 2.07. The molecule has 2 saturated heterocycles. The number of nitriles is 1. The molecule has 5 rings (SSSR count). The molecule has 28 heavy (non-hydrogen) atoms. The molecule has 0 aliphatic carbocycles. The van der Waals surface area contributed by atoms with Crippen molar-refractivity contribution in [3.8, 4) is 6.07 Å². The van der Waals surface area contributed by atoms with Crippen molar-refractivity contribution in [3.05, 3.63) is 30.0 Å². The summed E-state index contributed by atoms with van der Waals surface area (Å²) in [6.07, 6.45) is 2.97. The van der Waals surface area contributed by atoms with Gasteiger partial charge < -0.3 is 10.2 Å². The Balaban J connectivity index is 1.39. The Morgan fingerprint density at radius 2 is 2.11 bits per heavy atom.